The highest BCUT2D eigenvalue weighted by Gasteiger charge is 2.45. The number of ether oxygens (including phenoxy) is 4. The van der Waals surface area contributed by atoms with E-state index >= 15 is 0 Å². The zero-order chi connectivity index (χ0) is 24.1. The average molecular weight is 466 g/mol. The standard InChI is InChI=1S/C28H32FNO4/c1-5-32-26-24-16-22(30-17-19-9-12-23(31-4)13-10-19)11-14-25(24)34-28(2,3)27(26)33-18-20-7-6-8-21(29)15-20/h6-16,26-27,30H,5,17-18H2,1-4H3. The molecule has 180 valence electrons. The van der Waals surface area contributed by atoms with E-state index in [0.29, 0.717) is 13.2 Å². The number of hydrogen-bond acceptors (Lipinski definition) is 5. The minimum Gasteiger partial charge on any atom is -0.497 e. The van der Waals surface area contributed by atoms with Gasteiger partial charge in [-0.3, -0.25) is 0 Å². The van der Waals surface area contributed by atoms with Gasteiger partial charge in [0.25, 0.3) is 0 Å². The summed E-state index contributed by atoms with van der Waals surface area (Å²) in [6, 6.07) is 20.5. The average Bonchev–Trinajstić information content (AvgIpc) is 2.82. The molecule has 34 heavy (non-hydrogen) atoms. The molecule has 4 rings (SSSR count). The molecule has 3 aromatic carbocycles. The Labute approximate surface area is 200 Å². The molecule has 0 fully saturated rings. The quantitative estimate of drug-likeness (QED) is 0.403. The molecule has 0 spiro atoms. The second kappa shape index (κ2) is 10.5. The van der Waals surface area contributed by atoms with Gasteiger partial charge in [-0.15, -0.1) is 0 Å². The number of hydrogen-bond donors (Lipinski definition) is 1. The lowest BCUT2D eigenvalue weighted by Gasteiger charge is -2.44. The van der Waals surface area contributed by atoms with Gasteiger partial charge in [0.2, 0.25) is 0 Å². The van der Waals surface area contributed by atoms with E-state index in [1.165, 1.54) is 12.1 Å². The lowest BCUT2D eigenvalue weighted by molar-refractivity contribution is -0.165. The van der Waals surface area contributed by atoms with Crippen molar-refractivity contribution >= 4 is 5.69 Å². The first-order valence-corrected chi connectivity index (χ1v) is 11.6. The molecule has 6 heteroatoms. The topological polar surface area (TPSA) is 49.0 Å². The Balaban J connectivity index is 1.54. The predicted molar refractivity (Wildman–Crippen MR) is 131 cm³/mol. The normalized spacial score (nSPS) is 18.6. The zero-order valence-corrected chi connectivity index (χ0v) is 20.1. The molecule has 2 unspecified atom stereocenters. The Morgan fingerprint density at radius 2 is 1.76 bits per heavy atom. The van der Waals surface area contributed by atoms with Gasteiger partial charge in [0.15, 0.2) is 0 Å². The second-order valence-electron chi connectivity index (χ2n) is 8.90. The number of nitrogens with one attached hydrogen (secondary N) is 1. The van der Waals surface area contributed by atoms with Gasteiger partial charge in [0, 0.05) is 24.4 Å². The number of anilines is 1. The summed E-state index contributed by atoms with van der Waals surface area (Å²) in [7, 11) is 1.66. The molecule has 0 bridgehead atoms. The van der Waals surface area contributed by atoms with Crippen molar-refractivity contribution in [1.82, 2.24) is 0 Å². The number of rotatable bonds is 9. The van der Waals surface area contributed by atoms with Crippen LogP contribution >= 0.6 is 0 Å². The van der Waals surface area contributed by atoms with Crippen molar-refractivity contribution in [3.05, 3.63) is 89.2 Å². The van der Waals surface area contributed by atoms with Crippen molar-refractivity contribution in [2.75, 3.05) is 19.0 Å². The van der Waals surface area contributed by atoms with E-state index in [2.05, 4.69) is 11.4 Å². The Bertz CT molecular complexity index is 1100. The van der Waals surface area contributed by atoms with E-state index in [0.717, 1.165) is 33.9 Å². The van der Waals surface area contributed by atoms with Gasteiger partial charge in [0.1, 0.15) is 35.1 Å². The molecule has 1 heterocycles. The van der Waals surface area contributed by atoms with Crippen molar-refractivity contribution in [3.8, 4) is 11.5 Å². The van der Waals surface area contributed by atoms with Crippen LogP contribution < -0.4 is 14.8 Å². The van der Waals surface area contributed by atoms with E-state index in [4.69, 9.17) is 18.9 Å². The van der Waals surface area contributed by atoms with Crippen LogP contribution in [0.1, 0.15) is 43.6 Å². The van der Waals surface area contributed by atoms with Crippen LogP contribution in [0.15, 0.2) is 66.7 Å². The van der Waals surface area contributed by atoms with E-state index in [-0.39, 0.29) is 24.6 Å². The van der Waals surface area contributed by atoms with E-state index < -0.39 is 5.60 Å². The highest BCUT2D eigenvalue weighted by molar-refractivity contribution is 5.54. The van der Waals surface area contributed by atoms with Crippen molar-refractivity contribution in [2.24, 2.45) is 0 Å². The first kappa shape index (κ1) is 24.0. The first-order chi connectivity index (χ1) is 16.4. The number of benzene rings is 3. The van der Waals surface area contributed by atoms with Crippen LogP contribution in [0, 0.1) is 5.82 Å². The first-order valence-electron chi connectivity index (χ1n) is 11.6. The van der Waals surface area contributed by atoms with Crippen LogP contribution in [0.4, 0.5) is 10.1 Å². The molecule has 0 saturated heterocycles. The molecular weight excluding hydrogens is 433 g/mol. The smallest absolute Gasteiger partial charge is 0.132 e. The van der Waals surface area contributed by atoms with Gasteiger partial charge in [-0.1, -0.05) is 24.3 Å². The van der Waals surface area contributed by atoms with Crippen molar-refractivity contribution in [3.63, 3.8) is 0 Å². The third-order valence-electron chi connectivity index (χ3n) is 5.97. The second-order valence-corrected chi connectivity index (χ2v) is 8.90. The monoisotopic (exact) mass is 465 g/mol. The summed E-state index contributed by atoms with van der Waals surface area (Å²) in [6.45, 7) is 7.43. The highest BCUT2D eigenvalue weighted by atomic mass is 19.1. The Kier molecular flexibility index (Phi) is 7.39. The number of halogens is 1. The molecule has 2 atom stereocenters. The van der Waals surface area contributed by atoms with Gasteiger partial charge >= 0.3 is 0 Å². The fourth-order valence-electron chi connectivity index (χ4n) is 4.25. The largest absolute Gasteiger partial charge is 0.497 e. The number of fused-ring (bicyclic) bond motifs is 1. The molecule has 0 saturated carbocycles. The molecule has 1 aliphatic heterocycles. The molecule has 0 radical (unpaired) electrons. The van der Waals surface area contributed by atoms with E-state index in [9.17, 15) is 4.39 Å². The predicted octanol–water partition coefficient (Wildman–Crippen LogP) is 6.28. The molecule has 0 aromatic heterocycles. The SMILES string of the molecule is CCOC1c2cc(NCc3ccc(OC)cc3)ccc2OC(C)(C)C1OCc1cccc(F)c1. The third-order valence-corrected chi connectivity index (χ3v) is 5.97. The maximum Gasteiger partial charge on any atom is 0.132 e. The van der Waals surface area contributed by atoms with Crippen LogP contribution in [0.3, 0.4) is 0 Å². The van der Waals surface area contributed by atoms with Crippen molar-refractivity contribution in [2.45, 2.75) is 51.7 Å². The van der Waals surface area contributed by atoms with Gasteiger partial charge in [-0.05, 0) is 74.4 Å². The lowest BCUT2D eigenvalue weighted by atomic mass is 9.87. The van der Waals surface area contributed by atoms with Crippen LogP contribution in [0.5, 0.6) is 11.5 Å². The fraction of sp³-hybridized carbons (Fsp3) is 0.357. The summed E-state index contributed by atoms with van der Waals surface area (Å²) < 4.78 is 37.7. The summed E-state index contributed by atoms with van der Waals surface area (Å²) >= 11 is 0. The van der Waals surface area contributed by atoms with E-state index in [1.807, 2.05) is 63.2 Å². The minimum atomic E-state index is -0.627. The summed E-state index contributed by atoms with van der Waals surface area (Å²) in [5.41, 5.74) is 3.19. The van der Waals surface area contributed by atoms with Crippen molar-refractivity contribution in [1.29, 1.82) is 0 Å². The minimum absolute atomic E-state index is 0.267. The fourth-order valence-corrected chi connectivity index (χ4v) is 4.25. The molecular formula is C28H32FNO4. The Morgan fingerprint density at radius 3 is 2.47 bits per heavy atom. The molecule has 3 aromatic rings. The van der Waals surface area contributed by atoms with Gasteiger partial charge in [-0.2, -0.15) is 0 Å². The summed E-state index contributed by atoms with van der Waals surface area (Å²) in [5, 5.41) is 3.48. The summed E-state index contributed by atoms with van der Waals surface area (Å²) in [4.78, 5) is 0. The summed E-state index contributed by atoms with van der Waals surface area (Å²) in [6.07, 6.45) is -0.694. The molecule has 0 aliphatic carbocycles. The van der Waals surface area contributed by atoms with Gasteiger partial charge < -0.3 is 24.3 Å². The molecule has 1 N–H and O–H groups in total. The van der Waals surface area contributed by atoms with Crippen LogP contribution in [0.25, 0.3) is 0 Å². The zero-order valence-electron chi connectivity index (χ0n) is 20.1. The number of methoxy groups -OCH3 is 1. The lowest BCUT2D eigenvalue weighted by Crippen LogP contribution is -2.51. The highest BCUT2D eigenvalue weighted by Crippen LogP contribution is 2.44. The Hall–Kier alpha value is -3.09. The maximum atomic E-state index is 13.6. The molecule has 5 nitrogen and oxygen atoms in total. The van der Waals surface area contributed by atoms with E-state index in [1.54, 1.807) is 13.2 Å². The third kappa shape index (κ3) is 5.51. The van der Waals surface area contributed by atoms with Crippen LogP contribution in [-0.2, 0) is 22.6 Å². The van der Waals surface area contributed by atoms with Crippen LogP contribution in [0.2, 0.25) is 0 Å². The molecule has 0 amide bonds. The van der Waals surface area contributed by atoms with Crippen molar-refractivity contribution < 1.29 is 23.3 Å². The Morgan fingerprint density at radius 1 is 0.971 bits per heavy atom. The molecule has 1 aliphatic rings. The van der Waals surface area contributed by atoms with Gasteiger partial charge in [0.05, 0.1) is 13.7 Å². The van der Waals surface area contributed by atoms with Gasteiger partial charge in [-0.25, -0.2) is 4.39 Å². The van der Waals surface area contributed by atoms with Crippen LogP contribution in [-0.4, -0.2) is 25.4 Å². The summed E-state index contributed by atoms with van der Waals surface area (Å²) in [5.74, 6) is 1.34. The maximum absolute atomic E-state index is 13.6.